The number of aromatic nitrogens is 3. The lowest BCUT2D eigenvalue weighted by molar-refractivity contribution is 0.669. The van der Waals surface area contributed by atoms with Crippen LogP contribution in [-0.4, -0.2) is 15.0 Å². The Morgan fingerprint density at radius 2 is 1.06 bits per heavy atom. The van der Waals surface area contributed by atoms with E-state index in [4.69, 9.17) is 19.4 Å². The first-order chi connectivity index (χ1) is 23.8. The number of furan rings is 1. The molecule has 0 aliphatic heterocycles. The zero-order valence-corrected chi connectivity index (χ0v) is 26.4. The second kappa shape index (κ2) is 10.7. The maximum absolute atomic E-state index is 6.43. The smallest absolute Gasteiger partial charge is 0.164 e. The summed E-state index contributed by atoms with van der Waals surface area (Å²) in [7, 11) is 0. The predicted octanol–water partition coefficient (Wildman–Crippen LogP) is 12.0. The van der Waals surface area contributed by atoms with Crippen LogP contribution in [0.25, 0.3) is 98.2 Å². The zero-order valence-electron chi connectivity index (χ0n) is 25.6. The fourth-order valence-corrected chi connectivity index (χ4v) is 7.99. The van der Waals surface area contributed by atoms with E-state index in [0.29, 0.717) is 17.5 Å². The Labute approximate surface area is 279 Å². The molecule has 0 N–H and O–H groups in total. The average Bonchev–Trinajstić information content (AvgIpc) is 3.73. The Bertz CT molecular complexity index is 2850. The molecule has 0 radical (unpaired) electrons. The van der Waals surface area contributed by atoms with Gasteiger partial charge in [0.15, 0.2) is 17.5 Å². The number of hydrogen-bond acceptors (Lipinski definition) is 5. The van der Waals surface area contributed by atoms with Gasteiger partial charge in [0.1, 0.15) is 11.2 Å². The third kappa shape index (κ3) is 4.33. The van der Waals surface area contributed by atoms with Gasteiger partial charge in [0.2, 0.25) is 0 Å². The lowest BCUT2D eigenvalue weighted by Crippen LogP contribution is -2.00. The number of nitrogens with zero attached hydrogens (tertiary/aromatic N) is 3. The van der Waals surface area contributed by atoms with Gasteiger partial charge in [-0.1, -0.05) is 115 Å². The van der Waals surface area contributed by atoms with Crippen LogP contribution in [0.15, 0.2) is 156 Å². The molecule has 5 heteroatoms. The van der Waals surface area contributed by atoms with E-state index in [1.165, 1.54) is 30.9 Å². The lowest BCUT2D eigenvalue weighted by atomic mass is 9.98. The molecule has 10 rings (SSSR count). The summed E-state index contributed by atoms with van der Waals surface area (Å²) >= 11 is 1.79. The third-order valence-corrected chi connectivity index (χ3v) is 10.3. The molecule has 224 valence electrons. The molecule has 0 aliphatic carbocycles. The fraction of sp³-hybridized carbons (Fsp3) is 0. The monoisotopic (exact) mass is 631 g/mol. The molecule has 0 aliphatic rings. The van der Waals surface area contributed by atoms with E-state index in [1.807, 2.05) is 42.5 Å². The molecule has 0 atom stereocenters. The number of hydrogen-bond donors (Lipinski definition) is 0. The van der Waals surface area contributed by atoms with E-state index in [2.05, 4.69) is 109 Å². The molecule has 3 aromatic heterocycles. The molecule has 10 aromatic rings. The Morgan fingerprint density at radius 1 is 0.396 bits per heavy atom. The van der Waals surface area contributed by atoms with Crippen molar-refractivity contribution in [3.63, 3.8) is 0 Å². The van der Waals surface area contributed by atoms with Crippen LogP contribution in [0.5, 0.6) is 0 Å². The maximum atomic E-state index is 6.43. The second-order valence-corrected chi connectivity index (χ2v) is 13.1. The topological polar surface area (TPSA) is 51.8 Å². The average molecular weight is 632 g/mol. The summed E-state index contributed by atoms with van der Waals surface area (Å²) in [6, 6.07) is 52.7. The number of benzene rings is 7. The van der Waals surface area contributed by atoms with Gasteiger partial charge in [-0.15, -0.1) is 11.3 Å². The first-order valence-electron chi connectivity index (χ1n) is 15.9. The summed E-state index contributed by atoms with van der Waals surface area (Å²) in [5.41, 5.74) is 6.75. The first-order valence-corrected chi connectivity index (χ1v) is 16.8. The molecule has 48 heavy (non-hydrogen) atoms. The molecule has 0 bridgehead atoms. The molecule has 0 saturated carbocycles. The summed E-state index contributed by atoms with van der Waals surface area (Å²) in [6.07, 6.45) is 0. The van der Waals surface area contributed by atoms with Crippen molar-refractivity contribution in [2.24, 2.45) is 0 Å². The van der Waals surface area contributed by atoms with Crippen molar-refractivity contribution >= 4 is 64.2 Å². The molecular weight excluding hydrogens is 607 g/mol. The summed E-state index contributed by atoms with van der Waals surface area (Å²) in [6.45, 7) is 0. The van der Waals surface area contributed by atoms with Gasteiger partial charge in [0.25, 0.3) is 0 Å². The highest BCUT2D eigenvalue weighted by Crippen LogP contribution is 2.41. The van der Waals surface area contributed by atoms with E-state index >= 15 is 0 Å². The van der Waals surface area contributed by atoms with Crippen molar-refractivity contribution < 1.29 is 4.42 Å². The zero-order chi connectivity index (χ0) is 31.6. The minimum absolute atomic E-state index is 0.611. The highest BCUT2D eigenvalue weighted by Gasteiger charge is 2.20. The summed E-state index contributed by atoms with van der Waals surface area (Å²) < 4.78 is 8.89. The van der Waals surface area contributed by atoms with Crippen molar-refractivity contribution in [3.05, 3.63) is 152 Å². The number of thiophene rings is 1. The number of rotatable bonds is 4. The molecular formula is C43H25N3OS. The molecule has 3 heterocycles. The standard InChI is InChI=1S/C43H25N3OS/c1-2-11-27(12-3-1)41-44-42(46-43(45-41)33-16-9-19-38-40(33)31-14-6-7-18-37(31)48-38)32-15-8-17-36-39(32)34-25-30(22-23-35(34)47-36)29-21-20-26-10-4-5-13-28(26)24-29/h1-25H. The van der Waals surface area contributed by atoms with Crippen LogP contribution in [0.3, 0.4) is 0 Å². The Hall–Kier alpha value is -6.17. The minimum atomic E-state index is 0.611. The van der Waals surface area contributed by atoms with Gasteiger partial charge >= 0.3 is 0 Å². The molecule has 7 aromatic carbocycles. The Balaban J connectivity index is 1.22. The van der Waals surface area contributed by atoms with Crippen LogP contribution >= 0.6 is 11.3 Å². The third-order valence-electron chi connectivity index (χ3n) is 9.13. The normalized spacial score (nSPS) is 11.8. The van der Waals surface area contributed by atoms with Crippen LogP contribution in [0.2, 0.25) is 0 Å². The minimum Gasteiger partial charge on any atom is -0.456 e. The maximum Gasteiger partial charge on any atom is 0.164 e. The van der Waals surface area contributed by atoms with Gasteiger partial charge in [0, 0.05) is 47.6 Å². The SMILES string of the molecule is c1ccc(-c2nc(-c3cccc4oc5ccc(-c6ccc7ccccc7c6)cc5c34)nc(-c3cccc4sc5ccccc5c34)n2)cc1. The quantitative estimate of drug-likeness (QED) is 0.194. The molecule has 0 saturated heterocycles. The van der Waals surface area contributed by atoms with Crippen LogP contribution < -0.4 is 0 Å². The van der Waals surface area contributed by atoms with Crippen molar-refractivity contribution in [2.45, 2.75) is 0 Å². The highest BCUT2D eigenvalue weighted by atomic mass is 32.1. The van der Waals surface area contributed by atoms with E-state index in [9.17, 15) is 0 Å². The van der Waals surface area contributed by atoms with Gasteiger partial charge < -0.3 is 4.42 Å². The van der Waals surface area contributed by atoms with Gasteiger partial charge in [-0.05, 0) is 58.3 Å². The molecule has 4 nitrogen and oxygen atoms in total. The van der Waals surface area contributed by atoms with Gasteiger partial charge in [0.05, 0.1) is 0 Å². The second-order valence-electron chi connectivity index (χ2n) is 12.0. The van der Waals surface area contributed by atoms with E-state index in [0.717, 1.165) is 49.8 Å². The molecule has 0 unspecified atom stereocenters. The summed E-state index contributed by atoms with van der Waals surface area (Å²) in [5.74, 6) is 1.89. The largest absolute Gasteiger partial charge is 0.456 e. The van der Waals surface area contributed by atoms with E-state index in [-0.39, 0.29) is 0 Å². The molecule has 0 fully saturated rings. The van der Waals surface area contributed by atoms with Crippen molar-refractivity contribution in [1.29, 1.82) is 0 Å². The first kappa shape index (κ1) is 27.0. The van der Waals surface area contributed by atoms with Crippen molar-refractivity contribution in [2.75, 3.05) is 0 Å². The van der Waals surface area contributed by atoms with Crippen LogP contribution in [0.4, 0.5) is 0 Å². The van der Waals surface area contributed by atoms with Crippen LogP contribution in [0, 0.1) is 0 Å². The van der Waals surface area contributed by atoms with Crippen molar-refractivity contribution in [3.8, 4) is 45.3 Å². The molecule has 0 amide bonds. The van der Waals surface area contributed by atoms with Gasteiger partial charge in [-0.2, -0.15) is 0 Å². The Morgan fingerprint density at radius 3 is 1.94 bits per heavy atom. The highest BCUT2D eigenvalue weighted by molar-refractivity contribution is 7.25. The van der Waals surface area contributed by atoms with Gasteiger partial charge in [-0.25, -0.2) is 15.0 Å². The van der Waals surface area contributed by atoms with Crippen molar-refractivity contribution in [1.82, 2.24) is 15.0 Å². The number of fused-ring (bicyclic) bond motifs is 7. The van der Waals surface area contributed by atoms with E-state index in [1.54, 1.807) is 11.3 Å². The predicted molar refractivity (Wildman–Crippen MR) is 199 cm³/mol. The summed E-state index contributed by atoms with van der Waals surface area (Å²) in [5, 5.41) is 6.84. The lowest BCUT2D eigenvalue weighted by Gasteiger charge is -2.10. The molecule has 0 spiro atoms. The fourth-order valence-electron chi connectivity index (χ4n) is 6.86. The Kier molecular flexibility index (Phi) is 6.01. The van der Waals surface area contributed by atoms with Gasteiger partial charge in [-0.3, -0.25) is 0 Å². The van der Waals surface area contributed by atoms with Crippen LogP contribution in [-0.2, 0) is 0 Å². The van der Waals surface area contributed by atoms with Crippen LogP contribution in [0.1, 0.15) is 0 Å². The van der Waals surface area contributed by atoms with E-state index < -0.39 is 0 Å². The summed E-state index contributed by atoms with van der Waals surface area (Å²) in [4.78, 5) is 15.5.